The number of hydrogen-bond donors (Lipinski definition) is 0. The van der Waals surface area contributed by atoms with Crippen molar-refractivity contribution in [1.82, 2.24) is 0 Å². The largest absolute Gasteiger partial charge is 0.427 e. The van der Waals surface area contributed by atoms with E-state index in [1.165, 1.54) is 12.1 Å². The zero-order valence-electron chi connectivity index (χ0n) is 24.7. The number of benzene rings is 3. The molecule has 44 heavy (non-hydrogen) atoms. The van der Waals surface area contributed by atoms with E-state index in [1.54, 1.807) is 61.5 Å². The van der Waals surface area contributed by atoms with Gasteiger partial charge in [-0.05, 0) is 104 Å². The number of aryl methyl sites for hydroxylation is 1. The van der Waals surface area contributed by atoms with Crippen molar-refractivity contribution in [2.45, 2.75) is 58.3 Å². The van der Waals surface area contributed by atoms with Crippen molar-refractivity contribution in [2.24, 2.45) is 0 Å². The number of halogens is 2. The third kappa shape index (κ3) is 11.2. The first-order valence-corrected chi connectivity index (χ1v) is 16.8. The summed E-state index contributed by atoms with van der Waals surface area (Å²) in [4.78, 5) is 49.9. The first-order valence-electron chi connectivity index (χ1n) is 14.5. The van der Waals surface area contributed by atoms with Gasteiger partial charge in [0.2, 0.25) is 0 Å². The number of unbranched alkanes of at least 4 members (excludes halogenated alkanes) is 4. The van der Waals surface area contributed by atoms with E-state index in [0.29, 0.717) is 52.3 Å². The second kappa shape index (κ2) is 18.3. The van der Waals surface area contributed by atoms with Crippen LogP contribution >= 0.6 is 31.9 Å². The molecule has 0 N–H and O–H groups in total. The quantitative estimate of drug-likeness (QED) is 0.0342. The average Bonchev–Trinajstić information content (AvgIpc) is 3.02. The fourth-order valence-electron chi connectivity index (χ4n) is 4.20. The molecule has 0 aliphatic rings. The topological polar surface area (TPSA) is 96.0 Å². The summed E-state index contributed by atoms with van der Waals surface area (Å²) in [5, 5.41) is 1.82. The van der Waals surface area contributed by atoms with Crippen LogP contribution in [0.15, 0.2) is 73.3 Å². The number of rotatable bonds is 17. The van der Waals surface area contributed by atoms with E-state index in [-0.39, 0.29) is 23.3 Å². The molecule has 0 atom stereocenters. The zero-order chi connectivity index (χ0) is 31.9. The maximum absolute atomic E-state index is 13.1. The van der Waals surface area contributed by atoms with E-state index < -0.39 is 5.97 Å². The molecule has 0 spiro atoms. The number of ether oxygens (including phenoxy) is 3. The van der Waals surface area contributed by atoms with Crippen LogP contribution in [-0.4, -0.2) is 34.4 Å². The summed E-state index contributed by atoms with van der Waals surface area (Å²) >= 11 is 6.74. The van der Waals surface area contributed by atoms with Crippen molar-refractivity contribution < 1.29 is 33.4 Å². The second-order valence-corrected chi connectivity index (χ2v) is 11.8. The molecule has 0 heterocycles. The fraction of sp³-hybridized carbons (Fsp3) is 0.314. The molecule has 0 aliphatic carbocycles. The molecule has 0 bridgehead atoms. The Balaban J connectivity index is 1.54. The van der Waals surface area contributed by atoms with Gasteiger partial charge in [-0.3, -0.25) is 14.4 Å². The second-order valence-electron chi connectivity index (χ2n) is 10.2. The van der Waals surface area contributed by atoms with Crippen molar-refractivity contribution >= 4 is 61.1 Å². The number of allylic oxidation sites excluding steroid dienone is 1. The normalized spacial score (nSPS) is 10.6. The van der Waals surface area contributed by atoms with E-state index in [2.05, 4.69) is 38.4 Å². The first kappa shape index (κ1) is 34.9. The van der Waals surface area contributed by atoms with Crippen LogP contribution in [0.25, 0.3) is 5.57 Å². The van der Waals surface area contributed by atoms with Crippen LogP contribution in [0.5, 0.6) is 17.2 Å². The van der Waals surface area contributed by atoms with Gasteiger partial charge >= 0.3 is 17.9 Å². The molecule has 232 valence electrons. The third-order valence-corrected chi connectivity index (χ3v) is 7.82. The monoisotopic (exact) mass is 726 g/mol. The first-order chi connectivity index (χ1) is 21.2. The van der Waals surface area contributed by atoms with Gasteiger partial charge in [0.05, 0.1) is 5.56 Å². The lowest BCUT2D eigenvalue weighted by Crippen LogP contribution is -2.11. The fourth-order valence-corrected chi connectivity index (χ4v) is 4.99. The lowest BCUT2D eigenvalue weighted by Gasteiger charge is -2.11. The molecule has 0 unspecified atom stereocenters. The van der Waals surface area contributed by atoms with Crippen LogP contribution in [0.3, 0.4) is 0 Å². The lowest BCUT2D eigenvalue weighted by atomic mass is 9.97. The minimum atomic E-state index is -0.567. The summed E-state index contributed by atoms with van der Waals surface area (Å²) in [6, 6.07) is 17.6. The van der Waals surface area contributed by atoms with E-state index in [0.717, 1.165) is 49.2 Å². The van der Waals surface area contributed by atoms with Crippen molar-refractivity contribution in [1.29, 1.82) is 0 Å². The molecule has 7 nitrogen and oxygen atoms in total. The molecule has 3 rings (SSSR count). The number of ketones is 1. The number of Topliss-reactive ketones (excluding diaryl/α,β-unsaturated/α-hetero) is 1. The van der Waals surface area contributed by atoms with Gasteiger partial charge in [0, 0.05) is 34.6 Å². The Kier molecular flexibility index (Phi) is 14.5. The van der Waals surface area contributed by atoms with E-state index in [9.17, 15) is 19.2 Å². The highest BCUT2D eigenvalue weighted by Crippen LogP contribution is 2.27. The summed E-state index contributed by atoms with van der Waals surface area (Å²) in [5.74, 6) is -0.366. The van der Waals surface area contributed by atoms with Crippen molar-refractivity contribution in [3.63, 3.8) is 0 Å². The smallest absolute Gasteiger partial charge is 0.343 e. The minimum absolute atomic E-state index is 0.274. The van der Waals surface area contributed by atoms with Gasteiger partial charge in [-0.25, -0.2) is 4.79 Å². The zero-order valence-corrected chi connectivity index (χ0v) is 27.9. The van der Waals surface area contributed by atoms with Gasteiger partial charge in [0.25, 0.3) is 0 Å². The van der Waals surface area contributed by atoms with Gasteiger partial charge in [-0.1, -0.05) is 57.3 Å². The Labute approximate surface area is 275 Å². The van der Waals surface area contributed by atoms with E-state index in [1.807, 2.05) is 0 Å². The molecule has 3 aromatic rings. The van der Waals surface area contributed by atoms with Crippen LogP contribution in [0.4, 0.5) is 0 Å². The van der Waals surface area contributed by atoms with Crippen LogP contribution in [0.1, 0.15) is 83.2 Å². The SMILES string of the molecule is C=C(C(=O)c1ccc(OC(=O)CCCCCBr)cc1)c1ccc(OC(=O)c2ccc(OC(=O)CCCCCBr)cc2)c(C)c1. The van der Waals surface area contributed by atoms with Gasteiger partial charge in [0.1, 0.15) is 17.2 Å². The Morgan fingerprint density at radius 1 is 0.614 bits per heavy atom. The van der Waals surface area contributed by atoms with E-state index in [4.69, 9.17) is 14.2 Å². The molecular formula is C35H36Br2O7. The van der Waals surface area contributed by atoms with Crippen molar-refractivity contribution in [3.05, 3.63) is 95.6 Å². The van der Waals surface area contributed by atoms with Crippen LogP contribution < -0.4 is 14.2 Å². The maximum atomic E-state index is 13.1. The number of carbonyl (C=O) groups excluding carboxylic acids is 4. The summed E-state index contributed by atoms with van der Waals surface area (Å²) < 4.78 is 16.3. The highest BCUT2D eigenvalue weighted by Gasteiger charge is 2.16. The van der Waals surface area contributed by atoms with Gasteiger partial charge < -0.3 is 14.2 Å². The molecule has 0 fully saturated rings. The Bertz CT molecular complexity index is 1450. The molecular weight excluding hydrogens is 692 g/mol. The van der Waals surface area contributed by atoms with Crippen LogP contribution in [0.2, 0.25) is 0 Å². The van der Waals surface area contributed by atoms with E-state index >= 15 is 0 Å². The lowest BCUT2D eigenvalue weighted by molar-refractivity contribution is -0.135. The number of alkyl halides is 2. The van der Waals surface area contributed by atoms with Gasteiger partial charge in [-0.15, -0.1) is 0 Å². The van der Waals surface area contributed by atoms with Crippen molar-refractivity contribution in [2.75, 3.05) is 10.7 Å². The van der Waals surface area contributed by atoms with Gasteiger partial charge in [0.15, 0.2) is 5.78 Å². The highest BCUT2D eigenvalue weighted by atomic mass is 79.9. The molecule has 0 radical (unpaired) electrons. The number of hydrogen-bond acceptors (Lipinski definition) is 7. The van der Waals surface area contributed by atoms with Crippen LogP contribution in [-0.2, 0) is 9.59 Å². The third-order valence-electron chi connectivity index (χ3n) is 6.70. The standard InChI is InChI=1S/C35H36Br2O7/c1-24-23-28(25(2)34(40)26-11-16-29(17-12-26)42-32(38)9-5-3-7-21-36)15-20-31(24)44-35(41)27-13-18-30(19-14-27)43-33(39)10-6-4-8-22-37/h11-20,23H,2-10,21-22H2,1H3. The Morgan fingerprint density at radius 3 is 1.57 bits per heavy atom. The molecule has 3 aromatic carbocycles. The summed E-state index contributed by atoms with van der Waals surface area (Å²) in [5.41, 5.74) is 2.21. The molecule has 0 saturated heterocycles. The molecule has 0 saturated carbocycles. The molecule has 9 heteroatoms. The minimum Gasteiger partial charge on any atom is -0.427 e. The number of esters is 3. The molecule has 0 aliphatic heterocycles. The number of carbonyl (C=O) groups is 4. The average molecular weight is 728 g/mol. The highest BCUT2D eigenvalue weighted by molar-refractivity contribution is 9.09. The molecule has 0 aromatic heterocycles. The Hall–Kier alpha value is -3.56. The molecule has 0 amide bonds. The summed E-state index contributed by atoms with van der Waals surface area (Å²) in [6.45, 7) is 5.74. The van der Waals surface area contributed by atoms with Gasteiger partial charge in [-0.2, -0.15) is 0 Å². The van der Waals surface area contributed by atoms with Crippen molar-refractivity contribution in [3.8, 4) is 17.2 Å². The summed E-state index contributed by atoms with van der Waals surface area (Å²) in [7, 11) is 0. The predicted molar refractivity (Wildman–Crippen MR) is 178 cm³/mol. The van der Waals surface area contributed by atoms with Crippen LogP contribution in [0, 0.1) is 6.92 Å². The predicted octanol–water partition coefficient (Wildman–Crippen LogP) is 8.83. The maximum Gasteiger partial charge on any atom is 0.343 e. The summed E-state index contributed by atoms with van der Waals surface area (Å²) in [6.07, 6.45) is 6.12. The Morgan fingerprint density at radius 2 is 1.09 bits per heavy atom.